The molecule has 0 radical (unpaired) electrons. The van der Waals surface area contributed by atoms with Gasteiger partial charge >= 0.3 is 0 Å². The maximum absolute atomic E-state index is 12.4. The topological polar surface area (TPSA) is 38.3 Å². The number of hydrogen-bond donors (Lipinski definition) is 1. The van der Waals surface area contributed by atoms with Crippen molar-refractivity contribution in [1.29, 1.82) is 0 Å². The number of amides is 1. The second-order valence-corrected chi connectivity index (χ2v) is 11.3. The number of halogens is 1. The van der Waals surface area contributed by atoms with Crippen LogP contribution in [0.4, 0.5) is 0 Å². The molecular weight excluding hydrogens is 326 g/mol. The first-order valence-corrected chi connectivity index (χ1v) is 11.1. The predicted molar refractivity (Wildman–Crippen MR) is 97.7 cm³/mol. The molecular formula is C18H22ClNO2Si. The van der Waals surface area contributed by atoms with Crippen LogP contribution in [0.25, 0.3) is 0 Å². The van der Waals surface area contributed by atoms with Gasteiger partial charge in [0.2, 0.25) is 5.91 Å². The zero-order valence-corrected chi connectivity index (χ0v) is 15.4. The van der Waals surface area contributed by atoms with Crippen molar-refractivity contribution >= 4 is 25.7 Å². The largest absolute Gasteiger partial charge is 0.497 e. The Morgan fingerprint density at radius 3 is 2.52 bits per heavy atom. The van der Waals surface area contributed by atoms with Crippen LogP contribution >= 0.6 is 11.6 Å². The molecule has 0 fully saturated rings. The molecule has 122 valence electrons. The number of carbonyl (C=O) groups is 1. The van der Waals surface area contributed by atoms with E-state index in [4.69, 9.17) is 16.3 Å². The highest BCUT2D eigenvalue weighted by atomic mass is 35.5. The zero-order chi connectivity index (χ0) is 16.9. The molecule has 5 heteroatoms. The van der Waals surface area contributed by atoms with Crippen LogP contribution in [0, 0.1) is 0 Å². The number of methoxy groups -OCH3 is 1. The Bertz CT molecular complexity index is 661. The van der Waals surface area contributed by atoms with Gasteiger partial charge in [0.15, 0.2) is 8.24 Å². The molecule has 2 rings (SSSR count). The summed E-state index contributed by atoms with van der Waals surface area (Å²) in [4.78, 5) is 15.5. The molecule has 0 aliphatic rings. The summed E-state index contributed by atoms with van der Waals surface area (Å²) in [5.41, 5.74) is 1.78. The van der Waals surface area contributed by atoms with Crippen molar-refractivity contribution in [3.05, 3.63) is 65.7 Å². The fourth-order valence-electron chi connectivity index (χ4n) is 2.29. The monoisotopic (exact) mass is 347 g/mol. The minimum atomic E-state index is -2.14. The number of hydrogen-bond acceptors (Lipinski definition) is 2. The van der Waals surface area contributed by atoms with Gasteiger partial charge in [-0.15, -0.1) is 11.6 Å². The van der Waals surface area contributed by atoms with E-state index in [-0.39, 0.29) is 10.9 Å². The van der Waals surface area contributed by atoms with E-state index in [0.29, 0.717) is 12.0 Å². The highest BCUT2D eigenvalue weighted by Crippen LogP contribution is 2.21. The molecule has 0 aliphatic heterocycles. The summed E-state index contributed by atoms with van der Waals surface area (Å²) < 4.78 is 5.24. The van der Waals surface area contributed by atoms with E-state index in [2.05, 4.69) is 18.1 Å². The van der Waals surface area contributed by atoms with Crippen molar-refractivity contribution in [2.24, 2.45) is 0 Å². The number of alkyl halides is 1. The lowest BCUT2D eigenvalue weighted by molar-refractivity contribution is 0.0977. The van der Waals surface area contributed by atoms with E-state index in [9.17, 15) is 4.79 Å². The van der Waals surface area contributed by atoms with Crippen LogP contribution in [0.15, 0.2) is 54.6 Å². The number of benzene rings is 2. The first-order valence-electron chi connectivity index (χ1n) is 7.57. The summed E-state index contributed by atoms with van der Waals surface area (Å²) in [6.07, 6.45) is 0.701. The lowest BCUT2D eigenvalue weighted by Crippen LogP contribution is -2.56. The molecule has 0 saturated carbocycles. The molecule has 2 aromatic carbocycles. The van der Waals surface area contributed by atoms with E-state index in [0.717, 1.165) is 11.3 Å². The van der Waals surface area contributed by atoms with Gasteiger partial charge in [-0.1, -0.05) is 43.4 Å². The van der Waals surface area contributed by atoms with Crippen LogP contribution in [0.3, 0.4) is 0 Å². The number of ether oxygens (including phenoxy) is 1. The highest BCUT2D eigenvalue weighted by Gasteiger charge is 2.33. The van der Waals surface area contributed by atoms with Gasteiger partial charge in [-0.3, -0.25) is 4.79 Å². The normalized spacial score (nSPS) is 12.5. The Labute approximate surface area is 143 Å². The smallest absolute Gasteiger partial charge is 0.243 e. The number of rotatable bonds is 6. The quantitative estimate of drug-likeness (QED) is 0.633. The lowest BCUT2D eigenvalue weighted by Gasteiger charge is -2.29. The minimum Gasteiger partial charge on any atom is -0.497 e. The molecule has 0 saturated heterocycles. The van der Waals surface area contributed by atoms with Gasteiger partial charge in [-0.05, 0) is 36.2 Å². The molecule has 0 aliphatic carbocycles. The Hall–Kier alpha value is -1.78. The summed E-state index contributed by atoms with van der Waals surface area (Å²) in [5.74, 6) is 0.762. The Morgan fingerprint density at radius 1 is 1.17 bits per heavy atom. The molecule has 0 spiro atoms. The Kier molecular flexibility index (Phi) is 5.85. The van der Waals surface area contributed by atoms with Crippen LogP contribution in [0.5, 0.6) is 5.75 Å². The van der Waals surface area contributed by atoms with E-state index < -0.39 is 8.24 Å². The average molecular weight is 348 g/mol. The lowest BCUT2D eigenvalue weighted by atomic mass is 10.2. The van der Waals surface area contributed by atoms with Crippen LogP contribution in [0.1, 0.15) is 15.9 Å². The van der Waals surface area contributed by atoms with E-state index in [1.54, 1.807) is 7.11 Å². The fraction of sp³-hybridized carbons (Fsp3) is 0.278. The zero-order valence-electron chi connectivity index (χ0n) is 13.7. The summed E-state index contributed by atoms with van der Waals surface area (Å²) >= 11 is 6.64. The minimum absolute atomic E-state index is 0.0569. The van der Waals surface area contributed by atoms with Gasteiger partial charge in [0.25, 0.3) is 0 Å². The average Bonchev–Trinajstić information content (AvgIpc) is 2.55. The van der Waals surface area contributed by atoms with Crippen molar-refractivity contribution in [3.63, 3.8) is 0 Å². The summed E-state index contributed by atoms with van der Waals surface area (Å²) in [5, 5.41) is -0.109. The summed E-state index contributed by atoms with van der Waals surface area (Å²) in [6, 6.07) is 17.1. The van der Waals surface area contributed by atoms with Crippen LogP contribution in [0.2, 0.25) is 13.1 Å². The maximum Gasteiger partial charge on any atom is 0.243 e. The van der Waals surface area contributed by atoms with Crippen molar-refractivity contribution < 1.29 is 9.53 Å². The van der Waals surface area contributed by atoms with Crippen molar-refractivity contribution in [3.8, 4) is 5.75 Å². The molecule has 1 unspecified atom stereocenters. The fourth-order valence-corrected chi connectivity index (χ4v) is 4.27. The van der Waals surface area contributed by atoms with Crippen molar-refractivity contribution in [1.82, 2.24) is 4.98 Å². The Balaban J connectivity index is 2.04. The van der Waals surface area contributed by atoms with Crippen LogP contribution in [-0.4, -0.2) is 26.3 Å². The highest BCUT2D eigenvalue weighted by molar-refractivity contribution is 6.84. The number of carbonyl (C=O) groups excluding carboxylic acids is 1. The summed E-state index contributed by atoms with van der Waals surface area (Å²) in [6.45, 7) is 4.15. The predicted octanol–water partition coefficient (Wildman–Crippen LogP) is 4.02. The third-order valence-electron chi connectivity index (χ3n) is 3.80. The summed E-state index contributed by atoms with van der Waals surface area (Å²) in [7, 11) is -0.489. The van der Waals surface area contributed by atoms with Crippen molar-refractivity contribution in [2.75, 3.05) is 7.11 Å². The molecule has 23 heavy (non-hydrogen) atoms. The van der Waals surface area contributed by atoms with Crippen molar-refractivity contribution in [2.45, 2.75) is 24.5 Å². The van der Waals surface area contributed by atoms with Crippen LogP contribution in [-0.2, 0) is 6.42 Å². The molecule has 0 bridgehead atoms. The van der Waals surface area contributed by atoms with Crippen LogP contribution < -0.4 is 9.72 Å². The van der Waals surface area contributed by atoms with E-state index in [1.807, 2.05) is 54.6 Å². The van der Waals surface area contributed by atoms with Gasteiger partial charge in [-0.2, -0.15) is 0 Å². The van der Waals surface area contributed by atoms with E-state index in [1.165, 1.54) is 0 Å². The molecule has 3 nitrogen and oxygen atoms in total. The first-order chi connectivity index (χ1) is 10.9. The molecule has 0 heterocycles. The second kappa shape index (κ2) is 7.66. The SMILES string of the molecule is COc1cccc(CC(Cl)[Si](C)(C)NC(=O)c2ccccc2)c1. The molecule has 1 atom stereocenters. The molecule has 1 N–H and O–H groups in total. The van der Waals surface area contributed by atoms with Gasteiger partial charge in [0.05, 0.1) is 12.1 Å². The molecule has 1 amide bonds. The van der Waals surface area contributed by atoms with Gasteiger partial charge in [0.1, 0.15) is 5.75 Å². The molecule has 0 aromatic heterocycles. The van der Waals surface area contributed by atoms with Gasteiger partial charge in [-0.25, -0.2) is 0 Å². The van der Waals surface area contributed by atoms with Gasteiger partial charge < -0.3 is 9.72 Å². The van der Waals surface area contributed by atoms with E-state index >= 15 is 0 Å². The Morgan fingerprint density at radius 2 is 1.87 bits per heavy atom. The standard InChI is InChI=1S/C18H22ClNO2Si/c1-22-16-11-7-8-14(12-16)13-17(19)23(2,3)20-18(21)15-9-5-4-6-10-15/h4-12,17H,13H2,1-3H3,(H,20,21). The number of nitrogens with one attached hydrogen (secondary N) is 1. The first kappa shape index (κ1) is 17.6. The molecule has 2 aromatic rings. The van der Waals surface area contributed by atoms with Gasteiger partial charge in [0, 0.05) is 5.56 Å². The maximum atomic E-state index is 12.4. The third-order valence-corrected chi connectivity index (χ3v) is 8.24. The third kappa shape index (κ3) is 4.84. The second-order valence-electron chi connectivity index (χ2n) is 6.07.